The minimum Gasteiger partial charge on any atom is -0.507 e. The molecule has 1 amide bonds. The maximum absolute atomic E-state index is 11.8. The number of hydrogen-bond donors (Lipinski definition) is 2. The third-order valence-corrected chi connectivity index (χ3v) is 3.89. The van der Waals surface area contributed by atoms with Gasteiger partial charge in [0.15, 0.2) is 0 Å². The minimum atomic E-state index is -0.271. The molecule has 17 heavy (non-hydrogen) atoms. The Morgan fingerprint density at radius 3 is 2.82 bits per heavy atom. The van der Waals surface area contributed by atoms with Crippen molar-refractivity contribution in [3.05, 3.63) is 50.6 Å². The molecular weight excluding hydrogens is 302 g/mol. The Hall–Kier alpha value is -1.33. The number of carbonyl (C=O) groups is 1. The van der Waals surface area contributed by atoms with E-state index in [1.54, 1.807) is 29.5 Å². The van der Waals surface area contributed by atoms with Crippen LogP contribution in [0.1, 0.15) is 15.2 Å². The molecule has 88 valence electrons. The van der Waals surface area contributed by atoms with Crippen LogP contribution >= 0.6 is 27.3 Å². The van der Waals surface area contributed by atoms with Crippen molar-refractivity contribution in [3.8, 4) is 5.75 Å². The molecule has 0 aliphatic heterocycles. The summed E-state index contributed by atoms with van der Waals surface area (Å²) in [4.78, 5) is 12.8. The second kappa shape index (κ2) is 5.33. The van der Waals surface area contributed by atoms with E-state index in [1.807, 2.05) is 11.4 Å². The molecule has 0 aliphatic carbocycles. The topological polar surface area (TPSA) is 49.3 Å². The van der Waals surface area contributed by atoms with Gasteiger partial charge in [-0.05, 0) is 34.1 Å². The number of halogens is 1. The zero-order valence-corrected chi connectivity index (χ0v) is 11.2. The van der Waals surface area contributed by atoms with E-state index in [0.29, 0.717) is 12.1 Å². The van der Waals surface area contributed by atoms with Crippen LogP contribution in [0, 0.1) is 0 Å². The molecule has 0 unspecified atom stereocenters. The molecule has 0 spiro atoms. The number of carbonyl (C=O) groups excluding carboxylic acids is 1. The Bertz CT molecular complexity index is 539. The molecule has 0 atom stereocenters. The van der Waals surface area contributed by atoms with Crippen LogP contribution in [0.5, 0.6) is 5.75 Å². The molecule has 3 nitrogen and oxygen atoms in total. The first-order valence-electron chi connectivity index (χ1n) is 4.96. The zero-order chi connectivity index (χ0) is 12.3. The average molecular weight is 312 g/mol. The number of aromatic hydroxyl groups is 1. The average Bonchev–Trinajstić information content (AvgIpc) is 2.73. The van der Waals surface area contributed by atoms with E-state index in [0.717, 1.165) is 9.35 Å². The number of amides is 1. The van der Waals surface area contributed by atoms with E-state index in [1.165, 1.54) is 6.07 Å². The molecule has 2 rings (SSSR count). The molecule has 1 heterocycles. The maximum Gasteiger partial charge on any atom is 0.255 e. The van der Waals surface area contributed by atoms with Gasteiger partial charge < -0.3 is 10.4 Å². The molecule has 1 aromatic heterocycles. The lowest BCUT2D eigenvalue weighted by Gasteiger charge is -2.05. The molecular formula is C12H10BrNO2S. The highest BCUT2D eigenvalue weighted by atomic mass is 79.9. The summed E-state index contributed by atoms with van der Waals surface area (Å²) in [7, 11) is 0. The van der Waals surface area contributed by atoms with Crippen LogP contribution in [-0.4, -0.2) is 11.0 Å². The summed E-state index contributed by atoms with van der Waals surface area (Å²) in [6.45, 7) is 0.462. The lowest BCUT2D eigenvalue weighted by Crippen LogP contribution is -2.22. The Morgan fingerprint density at radius 2 is 2.18 bits per heavy atom. The summed E-state index contributed by atoms with van der Waals surface area (Å²) >= 11 is 4.92. The molecule has 5 heteroatoms. The van der Waals surface area contributed by atoms with Crippen LogP contribution in [0.25, 0.3) is 0 Å². The van der Waals surface area contributed by atoms with E-state index in [9.17, 15) is 9.90 Å². The van der Waals surface area contributed by atoms with E-state index in [4.69, 9.17) is 0 Å². The second-order valence-corrected chi connectivity index (χ2v) is 5.34. The predicted octanol–water partition coefficient (Wildman–Crippen LogP) is 3.15. The van der Waals surface area contributed by atoms with Gasteiger partial charge in [0.05, 0.1) is 12.1 Å². The Labute approximate surface area is 111 Å². The Balaban J connectivity index is 2.01. The van der Waals surface area contributed by atoms with Crippen molar-refractivity contribution in [3.63, 3.8) is 0 Å². The molecule has 1 aromatic carbocycles. The first-order chi connectivity index (χ1) is 8.16. The highest BCUT2D eigenvalue weighted by Gasteiger charge is 2.09. The summed E-state index contributed by atoms with van der Waals surface area (Å²) in [6.07, 6.45) is 0. The highest BCUT2D eigenvalue weighted by Crippen LogP contribution is 2.20. The fourth-order valence-electron chi connectivity index (χ4n) is 1.37. The molecule has 0 aliphatic rings. The SMILES string of the molecule is O=C(NCc1cc(Br)cs1)c1ccccc1O. The van der Waals surface area contributed by atoms with Gasteiger partial charge in [0.2, 0.25) is 0 Å². The van der Waals surface area contributed by atoms with Crippen LogP contribution in [0.4, 0.5) is 0 Å². The van der Waals surface area contributed by atoms with Crippen LogP contribution in [0.3, 0.4) is 0 Å². The van der Waals surface area contributed by atoms with Gasteiger partial charge in [-0.15, -0.1) is 11.3 Å². The summed E-state index contributed by atoms with van der Waals surface area (Å²) in [5.74, 6) is -0.273. The van der Waals surface area contributed by atoms with Gasteiger partial charge in [-0.2, -0.15) is 0 Å². The number of para-hydroxylation sites is 1. The lowest BCUT2D eigenvalue weighted by atomic mass is 10.2. The van der Waals surface area contributed by atoms with Crippen molar-refractivity contribution in [2.75, 3.05) is 0 Å². The zero-order valence-electron chi connectivity index (χ0n) is 8.81. The lowest BCUT2D eigenvalue weighted by molar-refractivity contribution is 0.0948. The smallest absolute Gasteiger partial charge is 0.255 e. The molecule has 0 bridgehead atoms. The number of phenolic OH excluding ortho intramolecular Hbond substituents is 1. The highest BCUT2D eigenvalue weighted by molar-refractivity contribution is 9.10. The fourth-order valence-corrected chi connectivity index (χ4v) is 2.77. The van der Waals surface area contributed by atoms with Gasteiger partial charge in [0.25, 0.3) is 5.91 Å². The monoisotopic (exact) mass is 311 g/mol. The molecule has 0 saturated carbocycles. The number of thiophene rings is 1. The third-order valence-electron chi connectivity index (χ3n) is 2.19. The van der Waals surface area contributed by atoms with Crippen LogP contribution in [0.15, 0.2) is 40.2 Å². The number of phenols is 1. The van der Waals surface area contributed by atoms with E-state index >= 15 is 0 Å². The third kappa shape index (κ3) is 3.08. The van der Waals surface area contributed by atoms with Crippen LogP contribution < -0.4 is 5.32 Å². The first kappa shape index (κ1) is 12.1. The van der Waals surface area contributed by atoms with Crippen molar-refractivity contribution >= 4 is 33.2 Å². The standard InChI is InChI=1S/C12H10BrNO2S/c13-8-5-9(17-7-8)6-14-12(16)10-3-1-2-4-11(10)15/h1-5,7,15H,6H2,(H,14,16). The van der Waals surface area contributed by atoms with Gasteiger partial charge in [-0.1, -0.05) is 12.1 Å². The van der Waals surface area contributed by atoms with Crippen molar-refractivity contribution in [1.29, 1.82) is 0 Å². The summed E-state index contributed by atoms with van der Waals surface area (Å²) in [5, 5.41) is 14.2. The normalized spacial score (nSPS) is 10.2. The largest absolute Gasteiger partial charge is 0.507 e. The molecule has 0 fully saturated rings. The van der Waals surface area contributed by atoms with Gasteiger partial charge >= 0.3 is 0 Å². The summed E-state index contributed by atoms with van der Waals surface area (Å²) < 4.78 is 1.01. The van der Waals surface area contributed by atoms with E-state index in [2.05, 4.69) is 21.2 Å². The number of nitrogens with one attached hydrogen (secondary N) is 1. The van der Waals surface area contributed by atoms with Gasteiger partial charge in [0.1, 0.15) is 5.75 Å². The van der Waals surface area contributed by atoms with Crippen molar-refractivity contribution < 1.29 is 9.90 Å². The molecule has 2 aromatic rings. The molecule has 0 radical (unpaired) electrons. The quantitative estimate of drug-likeness (QED) is 0.915. The predicted molar refractivity (Wildman–Crippen MR) is 71.3 cm³/mol. The van der Waals surface area contributed by atoms with Crippen LogP contribution in [-0.2, 0) is 6.54 Å². The fraction of sp³-hybridized carbons (Fsp3) is 0.0833. The van der Waals surface area contributed by atoms with Crippen molar-refractivity contribution in [1.82, 2.24) is 5.32 Å². The van der Waals surface area contributed by atoms with Crippen molar-refractivity contribution in [2.24, 2.45) is 0 Å². The second-order valence-electron chi connectivity index (χ2n) is 3.43. The van der Waals surface area contributed by atoms with Crippen LogP contribution in [0.2, 0.25) is 0 Å². The van der Waals surface area contributed by atoms with E-state index in [-0.39, 0.29) is 11.7 Å². The number of rotatable bonds is 3. The Kier molecular flexibility index (Phi) is 3.81. The minimum absolute atomic E-state index is 0.00244. The number of benzene rings is 1. The van der Waals surface area contributed by atoms with Gasteiger partial charge in [-0.25, -0.2) is 0 Å². The van der Waals surface area contributed by atoms with Gasteiger partial charge in [0, 0.05) is 14.7 Å². The first-order valence-corrected chi connectivity index (χ1v) is 6.63. The van der Waals surface area contributed by atoms with Gasteiger partial charge in [-0.3, -0.25) is 4.79 Å². The summed E-state index contributed by atoms with van der Waals surface area (Å²) in [5.41, 5.74) is 0.295. The van der Waals surface area contributed by atoms with E-state index < -0.39 is 0 Å². The molecule has 0 saturated heterocycles. The molecule has 2 N–H and O–H groups in total. The summed E-state index contributed by atoms with van der Waals surface area (Å²) in [6, 6.07) is 8.44. The Morgan fingerprint density at radius 1 is 1.41 bits per heavy atom. The van der Waals surface area contributed by atoms with Crippen molar-refractivity contribution in [2.45, 2.75) is 6.54 Å². The number of hydrogen-bond acceptors (Lipinski definition) is 3. The maximum atomic E-state index is 11.8.